The highest BCUT2D eigenvalue weighted by Crippen LogP contribution is 2.50. The summed E-state index contributed by atoms with van der Waals surface area (Å²) in [5.74, 6) is -0.0560. The molecule has 0 radical (unpaired) electrons. The van der Waals surface area contributed by atoms with Crippen LogP contribution in [0.3, 0.4) is 0 Å². The van der Waals surface area contributed by atoms with Crippen molar-refractivity contribution < 1.29 is 28.7 Å². The molecule has 2 aromatic rings. The van der Waals surface area contributed by atoms with Crippen molar-refractivity contribution in [3.05, 3.63) is 71.3 Å². The number of benzene rings is 2. The fraction of sp³-hybridized carbons (Fsp3) is 0.474. The van der Waals surface area contributed by atoms with Crippen LogP contribution in [0.2, 0.25) is 0 Å². The van der Waals surface area contributed by atoms with Crippen molar-refractivity contribution in [2.24, 2.45) is 38.3 Å². The van der Waals surface area contributed by atoms with Crippen LogP contribution in [0.4, 0.5) is 30.6 Å². The summed E-state index contributed by atoms with van der Waals surface area (Å²) in [5.41, 5.74) is 25.8. The molecule has 3 fully saturated rings. The van der Waals surface area contributed by atoms with E-state index in [0.29, 0.717) is 76.8 Å². The number of nitrogens with two attached hydrogens (primary N) is 4. The Hall–Kier alpha value is -6.20. The molecule has 0 spiro atoms. The molecule has 2 heterocycles. The van der Waals surface area contributed by atoms with Crippen LogP contribution in [0, 0.1) is 5.41 Å². The summed E-state index contributed by atoms with van der Waals surface area (Å²) in [5, 5.41) is 5.84. The second-order valence-corrected chi connectivity index (χ2v) is 14.6. The second kappa shape index (κ2) is 18.0. The van der Waals surface area contributed by atoms with Gasteiger partial charge >= 0.3 is 24.2 Å². The maximum Gasteiger partial charge on any atom is 0.410 e. The van der Waals surface area contributed by atoms with E-state index in [2.05, 4.69) is 26.7 Å². The molecule has 2 aliphatic heterocycles. The zero-order valence-electron chi connectivity index (χ0n) is 31.5. The first-order valence-corrected chi connectivity index (χ1v) is 18.9. The van der Waals surface area contributed by atoms with Crippen LogP contribution in [0.1, 0.15) is 43.2 Å². The van der Waals surface area contributed by atoms with Gasteiger partial charge < -0.3 is 62.6 Å². The molecule has 2 aromatic carbocycles. The smallest absolute Gasteiger partial charge is 0.410 e. The number of rotatable bonds is 10. The van der Waals surface area contributed by atoms with Crippen LogP contribution in [-0.4, -0.2) is 121 Å². The molecule has 2 saturated heterocycles. The largest absolute Gasteiger partial charge is 0.445 e. The summed E-state index contributed by atoms with van der Waals surface area (Å²) in [4.78, 5) is 67.2. The van der Waals surface area contributed by atoms with E-state index in [4.69, 9.17) is 32.4 Å². The second-order valence-electron chi connectivity index (χ2n) is 14.6. The van der Waals surface area contributed by atoms with Gasteiger partial charge in [-0.15, -0.1) is 0 Å². The Balaban J connectivity index is 0.952. The first-order valence-electron chi connectivity index (χ1n) is 18.9. The number of amides is 6. The number of carbonyl (C=O) groups is 4. The number of fused-ring (bicyclic) bond motifs is 3. The van der Waals surface area contributed by atoms with Gasteiger partial charge in [-0.3, -0.25) is 0 Å². The SMILES string of the molecule is NC(N)=Nc1ccc(CNC(=O)N2CCN(C(=O)OCC(OC(=O)N3CCN(C(=O)NCc4ccc(N=C(N)N)cc4)CC3)C34CC=C(CC3)CC4)CC2)cc1. The molecule has 7 rings (SSSR count). The number of hydrogen-bond donors (Lipinski definition) is 6. The molecular formula is C38H52N12O6. The van der Waals surface area contributed by atoms with Crippen molar-refractivity contribution in [1.29, 1.82) is 0 Å². The Bertz CT molecular complexity index is 1800. The minimum absolute atomic E-state index is 0.0278. The number of carbonyl (C=O) groups excluding carboxylic acids is 4. The number of piperazine rings is 2. The summed E-state index contributed by atoms with van der Waals surface area (Å²) in [6, 6.07) is 13.9. The van der Waals surface area contributed by atoms with Gasteiger partial charge in [-0.05, 0) is 67.5 Å². The average Bonchev–Trinajstić information content (AvgIpc) is 3.21. The highest BCUT2D eigenvalue weighted by molar-refractivity contribution is 5.80. The van der Waals surface area contributed by atoms with Crippen LogP contribution in [0.15, 0.2) is 70.2 Å². The molecule has 56 heavy (non-hydrogen) atoms. The molecule has 1 unspecified atom stereocenters. The predicted molar refractivity (Wildman–Crippen MR) is 210 cm³/mol. The summed E-state index contributed by atoms with van der Waals surface area (Å²) in [6.45, 7) is 3.22. The van der Waals surface area contributed by atoms with Crippen molar-refractivity contribution in [2.45, 2.75) is 51.3 Å². The summed E-state index contributed by atoms with van der Waals surface area (Å²) < 4.78 is 12.0. The number of urea groups is 2. The van der Waals surface area contributed by atoms with E-state index < -0.39 is 18.3 Å². The number of nitrogens with zero attached hydrogens (tertiary/aromatic N) is 6. The van der Waals surface area contributed by atoms with E-state index in [1.807, 2.05) is 24.3 Å². The standard InChI is InChI=1S/C38H52N12O6/c39-32(40)45-29-5-1-27(2-6-29)23-43-34(51)47-15-19-49(20-16-47)36(53)55-25-31(38-12-9-26(10-13-38)11-14-38)56-37(54)50-21-17-48(18-22-50)35(52)44-24-28-3-7-30(8-4-28)46-33(41)42/h1-9,31H,10-25H2,(H,43,51)(H,44,52)(H4,39,40,45)(H4,41,42,46). The molecule has 18 heteroatoms. The van der Waals surface area contributed by atoms with Gasteiger partial charge in [0.05, 0.1) is 11.4 Å². The number of aliphatic imine (C=N–C) groups is 2. The minimum atomic E-state index is -0.627. The fourth-order valence-corrected chi connectivity index (χ4v) is 7.49. The summed E-state index contributed by atoms with van der Waals surface area (Å²) in [7, 11) is 0. The Morgan fingerprint density at radius 2 is 1.07 bits per heavy atom. The molecule has 5 aliphatic rings. The molecule has 2 bridgehead atoms. The Labute approximate surface area is 325 Å². The molecule has 3 aliphatic carbocycles. The van der Waals surface area contributed by atoms with Crippen LogP contribution in [0.5, 0.6) is 0 Å². The zero-order valence-corrected chi connectivity index (χ0v) is 31.5. The maximum atomic E-state index is 13.6. The van der Waals surface area contributed by atoms with E-state index in [-0.39, 0.29) is 36.0 Å². The predicted octanol–water partition coefficient (Wildman–Crippen LogP) is 2.38. The van der Waals surface area contributed by atoms with Gasteiger partial charge in [-0.2, -0.15) is 0 Å². The molecule has 6 amide bonds. The van der Waals surface area contributed by atoms with Gasteiger partial charge in [0.1, 0.15) is 12.7 Å². The van der Waals surface area contributed by atoms with Crippen molar-refractivity contribution in [1.82, 2.24) is 30.2 Å². The number of allylic oxidation sites excluding steroid dienone is 2. The molecule has 300 valence electrons. The van der Waals surface area contributed by atoms with Crippen molar-refractivity contribution in [3.8, 4) is 0 Å². The van der Waals surface area contributed by atoms with Crippen LogP contribution in [-0.2, 0) is 22.6 Å². The average molecular weight is 773 g/mol. The molecule has 10 N–H and O–H groups in total. The van der Waals surface area contributed by atoms with Gasteiger partial charge in [0.2, 0.25) is 0 Å². The first kappa shape index (κ1) is 39.5. The van der Waals surface area contributed by atoms with Crippen LogP contribution in [0.25, 0.3) is 0 Å². The normalized spacial score (nSPS) is 17.9. The molecule has 0 aromatic heterocycles. The van der Waals surface area contributed by atoms with E-state index >= 15 is 0 Å². The van der Waals surface area contributed by atoms with E-state index in [1.165, 1.54) is 5.57 Å². The van der Waals surface area contributed by atoms with E-state index in [0.717, 1.165) is 43.2 Å². The van der Waals surface area contributed by atoms with E-state index in [9.17, 15) is 19.2 Å². The van der Waals surface area contributed by atoms with Gasteiger partial charge in [0, 0.05) is 70.9 Å². The number of ether oxygens (including phenoxy) is 2. The van der Waals surface area contributed by atoms with Crippen molar-refractivity contribution >= 4 is 47.5 Å². The molecule has 1 atom stereocenters. The van der Waals surface area contributed by atoms with E-state index in [1.54, 1.807) is 43.9 Å². The number of guanidine groups is 2. The zero-order chi connectivity index (χ0) is 39.7. The third-order valence-corrected chi connectivity index (χ3v) is 10.9. The minimum Gasteiger partial charge on any atom is -0.445 e. The van der Waals surface area contributed by atoms with Crippen molar-refractivity contribution in [2.75, 3.05) is 59.0 Å². The van der Waals surface area contributed by atoms with Crippen molar-refractivity contribution in [3.63, 3.8) is 0 Å². The first-order chi connectivity index (χ1) is 27.0. The third-order valence-electron chi connectivity index (χ3n) is 10.9. The fourth-order valence-electron chi connectivity index (χ4n) is 7.49. The van der Waals surface area contributed by atoms with Crippen LogP contribution < -0.4 is 33.6 Å². The highest BCUT2D eigenvalue weighted by Gasteiger charge is 2.46. The molecule has 1 saturated carbocycles. The Kier molecular flexibility index (Phi) is 12.7. The monoisotopic (exact) mass is 772 g/mol. The topological polar surface area (TPSA) is 253 Å². The van der Waals surface area contributed by atoms with Gasteiger partial charge in [-0.25, -0.2) is 29.2 Å². The van der Waals surface area contributed by atoms with Gasteiger partial charge in [-0.1, -0.05) is 35.9 Å². The quantitative estimate of drug-likeness (QED) is 0.117. The Morgan fingerprint density at radius 1 is 0.643 bits per heavy atom. The summed E-state index contributed by atoms with van der Waals surface area (Å²) >= 11 is 0. The van der Waals surface area contributed by atoms with Gasteiger partial charge in [0.15, 0.2) is 11.9 Å². The molecule has 18 nitrogen and oxygen atoms in total. The lowest BCUT2D eigenvalue weighted by Gasteiger charge is -2.46. The van der Waals surface area contributed by atoms with Crippen LogP contribution >= 0.6 is 0 Å². The van der Waals surface area contributed by atoms with Gasteiger partial charge in [0.25, 0.3) is 0 Å². The highest BCUT2D eigenvalue weighted by atomic mass is 16.6. The lowest BCUT2D eigenvalue weighted by molar-refractivity contribution is -0.0648. The number of nitrogens with one attached hydrogen (secondary N) is 2. The third kappa shape index (κ3) is 10.3. The summed E-state index contributed by atoms with van der Waals surface area (Å²) in [6.07, 6.45) is 4.96. The molecular weight excluding hydrogens is 720 g/mol. The lowest BCUT2D eigenvalue weighted by Crippen LogP contribution is -2.55. The number of hydrogen-bond acceptors (Lipinski definition) is 8. The Morgan fingerprint density at radius 3 is 1.48 bits per heavy atom. The maximum absolute atomic E-state index is 13.6. The lowest BCUT2D eigenvalue weighted by atomic mass is 9.63.